The summed E-state index contributed by atoms with van der Waals surface area (Å²) in [6.07, 6.45) is 0. The van der Waals surface area contributed by atoms with Gasteiger partial charge in [0.05, 0.1) is 5.75 Å². The van der Waals surface area contributed by atoms with Crippen LogP contribution in [0.25, 0.3) is 0 Å². The maximum Gasteiger partial charge on any atom is 0.234 e. The minimum atomic E-state index is -0.109. The van der Waals surface area contributed by atoms with Crippen LogP contribution in [0.5, 0.6) is 11.5 Å². The van der Waals surface area contributed by atoms with Crippen molar-refractivity contribution in [3.63, 3.8) is 0 Å². The van der Waals surface area contributed by atoms with Crippen molar-refractivity contribution >= 4 is 23.4 Å². The number of para-hydroxylation sites is 1. The molecule has 0 saturated carbocycles. The lowest BCUT2D eigenvalue weighted by Gasteiger charge is -2.07. The highest BCUT2D eigenvalue weighted by molar-refractivity contribution is 7.99. The molecule has 0 fully saturated rings. The normalized spacial score (nSPS) is 10.7. The van der Waals surface area contributed by atoms with Gasteiger partial charge in [-0.2, -0.15) is 0 Å². The molecular formula is C19H20N4O2S. The van der Waals surface area contributed by atoms with E-state index in [2.05, 4.69) is 20.5 Å². The molecule has 1 amide bonds. The van der Waals surface area contributed by atoms with E-state index in [1.54, 1.807) is 0 Å². The smallest absolute Gasteiger partial charge is 0.234 e. The lowest BCUT2D eigenvalue weighted by molar-refractivity contribution is -0.113. The molecule has 0 bridgehead atoms. The van der Waals surface area contributed by atoms with Crippen molar-refractivity contribution in [3.05, 3.63) is 60.4 Å². The molecule has 3 rings (SSSR count). The zero-order valence-electron chi connectivity index (χ0n) is 14.6. The number of nitrogens with one attached hydrogen (secondary N) is 2. The average Bonchev–Trinajstić information content (AvgIpc) is 3.12. The first-order chi connectivity index (χ1) is 12.6. The standard InChI is InChI=1S/C19H20N4O2S/c1-13(2)18-21-19(23-22-18)26-12-17(24)20-14-8-10-16(11-9-14)25-15-6-4-3-5-7-15/h3-11,13H,12H2,1-2H3,(H,20,24)(H,21,22,23). The van der Waals surface area contributed by atoms with Crippen molar-refractivity contribution in [2.75, 3.05) is 11.1 Å². The van der Waals surface area contributed by atoms with Gasteiger partial charge < -0.3 is 10.1 Å². The van der Waals surface area contributed by atoms with Crippen molar-refractivity contribution in [1.82, 2.24) is 15.2 Å². The third-order valence-electron chi connectivity index (χ3n) is 3.48. The molecule has 3 aromatic rings. The molecule has 26 heavy (non-hydrogen) atoms. The molecule has 0 saturated heterocycles. The number of thioether (sulfide) groups is 1. The number of carbonyl (C=O) groups excluding carboxylic acids is 1. The minimum Gasteiger partial charge on any atom is -0.457 e. The fourth-order valence-corrected chi connectivity index (χ4v) is 2.74. The third-order valence-corrected chi connectivity index (χ3v) is 4.33. The van der Waals surface area contributed by atoms with Crippen molar-refractivity contribution in [1.29, 1.82) is 0 Å². The number of ether oxygens (including phenoxy) is 1. The Morgan fingerprint density at radius 3 is 2.46 bits per heavy atom. The van der Waals surface area contributed by atoms with Crippen LogP contribution in [0.3, 0.4) is 0 Å². The van der Waals surface area contributed by atoms with Crippen LogP contribution >= 0.6 is 11.8 Å². The Morgan fingerprint density at radius 1 is 1.12 bits per heavy atom. The zero-order valence-corrected chi connectivity index (χ0v) is 15.4. The van der Waals surface area contributed by atoms with E-state index in [1.807, 2.05) is 68.4 Å². The second-order valence-electron chi connectivity index (χ2n) is 5.93. The van der Waals surface area contributed by atoms with Gasteiger partial charge in [0.15, 0.2) is 0 Å². The van der Waals surface area contributed by atoms with Crippen LogP contribution in [0.4, 0.5) is 5.69 Å². The van der Waals surface area contributed by atoms with Crippen molar-refractivity contribution < 1.29 is 9.53 Å². The molecule has 2 N–H and O–H groups in total. The van der Waals surface area contributed by atoms with E-state index in [0.29, 0.717) is 16.6 Å². The molecule has 0 spiro atoms. The van der Waals surface area contributed by atoms with Crippen LogP contribution < -0.4 is 10.1 Å². The third kappa shape index (κ3) is 5.10. The second kappa shape index (κ2) is 8.53. The van der Waals surface area contributed by atoms with E-state index in [-0.39, 0.29) is 17.6 Å². The predicted octanol–water partition coefficient (Wildman–Crippen LogP) is 4.45. The van der Waals surface area contributed by atoms with Gasteiger partial charge in [0.1, 0.15) is 17.3 Å². The molecule has 2 aromatic carbocycles. The van der Waals surface area contributed by atoms with Crippen molar-refractivity contribution in [2.24, 2.45) is 0 Å². The number of aromatic nitrogens is 3. The number of anilines is 1. The summed E-state index contributed by atoms with van der Waals surface area (Å²) in [5.74, 6) is 2.72. The van der Waals surface area contributed by atoms with E-state index >= 15 is 0 Å². The number of hydrogen-bond acceptors (Lipinski definition) is 5. The van der Waals surface area contributed by atoms with Crippen molar-refractivity contribution in [3.8, 4) is 11.5 Å². The lowest BCUT2D eigenvalue weighted by atomic mass is 10.2. The van der Waals surface area contributed by atoms with E-state index in [1.165, 1.54) is 11.8 Å². The van der Waals surface area contributed by atoms with Gasteiger partial charge in [-0.3, -0.25) is 9.89 Å². The molecule has 0 unspecified atom stereocenters. The van der Waals surface area contributed by atoms with E-state index in [4.69, 9.17) is 4.74 Å². The minimum absolute atomic E-state index is 0.109. The Labute approximate surface area is 156 Å². The molecule has 6 nitrogen and oxygen atoms in total. The van der Waals surface area contributed by atoms with E-state index < -0.39 is 0 Å². The second-order valence-corrected chi connectivity index (χ2v) is 6.88. The largest absolute Gasteiger partial charge is 0.457 e. The molecule has 0 atom stereocenters. The fraction of sp³-hybridized carbons (Fsp3) is 0.211. The van der Waals surface area contributed by atoms with Gasteiger partial charge in [0.25, 0.3) is 0 Å². The molecule has 1 heterocycles. The number of nitrogens with zero attached hydrogens (tertiary/aromatic N) is 2. The first-order valence-electron chi connectivity index (χ1n) is 8.28. The Hall–Kier alpha value is -2.80. The number of rotatable bonds is 7. The Balaban J connectivity index is 1.49. The number of benzene rings is 2. The zero-order chi connectivity index (χ0) is 18.4. The Morgan fingerprint density at radius 2 is 1.81 bits per heavy atom. The van der Waals surface area contributed by atoms with Gasteiger partial charge in [0, 0.05) is 11.6 Å². The predicted molar refractivity (Wildman–Crippen MR) is 103 cm³/mol. The molecular weight excluding hydrogens is 348 g/mol. The van der Waals surface area contributed by atoms with Crippen molar-refractivity contribution in [2.45, 2.75) is 24.9 Å². The summed E-state index contributed by atoms with van der Waals surface area (Å²) in [7, 11) is 0. The highest BCUT2D eigenvalue weighted by Gasteiger charge is 2.10. The van der Waals surface area contributed by atoms with Crippen LogP contribution in [0.15, 0.2) is 59.8 Å². The van der Waals surface area contributed by atoms with Crippen LogP contribution in [-0.4, -0.2) is 26.8 Å². The van der Waals surface area contributed by atoms with Crippen LogP contribution in [0, 0.1) is 0 Å². The molecule has 0 aliphatic heterocycles. The summed E-state index contributed by atoms with van der Waals surface area (Å²) in [4.78, 5) is 16.4. The molecule has 7 heteroatoms. The summed E-state index contributed by atoms with van der Waals surface area (Å²) < 4.78 is 5.73. The first kappa shape index (κ1) is 18.0. The van der Waals surface area contributed by atoms with Gasteiger partial charge >= 0.3 is 0 Å². The lowest BCUT2D eigenvalue weighted by Crippen LogP contribution is -2.14. The Kier molecular flexibility index (Phi) is 5.91. The molecule has 134 valence electrons. The van der Waals surface area contributed by atoms with Gasteiger partial charge in [-0.25, -0.2) is 4.98 Å². The van der Waals surface area contributed by atoms with Crippen LogP contribution in [-0.2, 0) is 4.79 Å². The number of hydrogen-bond donors (Lipinski definition) is 2. The Bertz CT molecular complexity index is 847. The monoisotopic (exact) mass is 368 g/mol. The molecule has 1 aromatic heterocycles. The number of H-pyrrole nitrogens is 1. The van der Waals surface area contributed by atoms with E-state index in [9.17, 15) is 4.79 Å². The summed E-state index contributed by atoms with van der Waals surface area (Å²) in [6.45, 7) is 4.07. The summed E-state index contributed by atoms with van der Waals surface area (Å²) in [5, 5.41) is 10.4. The van der Waals surface area contributed by atoms with Gasteiger partial charge in [0.2, 0.25) is 11.1 Å². The summed E-state index contributed by atoms with van der Waals surface area (Å²) >= 11 is 1.30. The molecule has 0 aliphatic rings. The highest BCUT2D eigenvalue weighted by atomic mass is 32.2. The number of carbonyl (C=O) groups is 1. The SMILES string of the molecule is CC(C)c1nc(SCC(=O)Nc2ccc(Oc3ccccc3)cc2)n[nH]1. The van der Waals surface area contributed by atoms with Gasteiger partial charge in [-0.05, 0) is 36.4 Å². The van der Waals surface area contributed by atoms with E-state index in [0.717, 1.165) is 11.6 Å². The molecule has 0 radical (unpaired) electrons. The number of amides is 1. The topological polar surface area (TPSA) is 79.9 Å². The summed E-state index contributed by atoms with van der Waals surface area (Å²) in [6, 6.07) is 16.8. The highest BCUT2D eigenvalue weighted by Crippen LogP contribution is 2.23. The maximum absolute atomic E-state index is 12.1. The van der Waals surface area contributed by atoms with Gasteiger partial charge in [-0.15, -0.1) is 5.10 Å². The quantitative estimate of drug-likeness (QED) is 0.602. The van der Waals surface area contributed by atoms with Crippen LogP contribution in [0.2, 0.25) is 0 Å². The number of aromatic amines is 1. The first-order valence-corrected chi connectivity index (χ1v) is 9.26. The van der Waals surface area contributed by atoms with Gasteiger partial charge in [-0.1, -0.05) is 43.8 Å². The van der Waals surface area contributed by atoms with Crippen LogP contribution in [0.1, 0.15) is 25.6 Å². The summed E-state index contributed by atoms with van der Waals surface area (Å²) in [5.41, 5.74) is 0.717. The average molecular weight is 368 g/mol. The maximum atomic E-state index is 12.1. The fourth-order valence-electron chi connectivity index (χ4n) is 2.14. The molecule has 0 aliphatic carbocycles.